The lowest BCUT2D eigenvalue weighted by Gasteiger charge is -2.24. The molecule has 3 rings (SSSR count). The number of carboxylic acid groups (broad SMARTS) is 2. The Hall–Kier alpha value is -3.94. The first-order valence-corrected chi connectivity index (χ1v) is 12.5. The van der Waals surface area contributed by atoms with Crippen LogP contribution in [0.25, 0.3) is 21.5 Å². The topological polar surface area (TPSA) is 127 Å². The maximum absolute atomic E-state index is 12.7. The van der Waals surface area contributed by atoms with Crippen LogP contribution in [-0.2, 0) is 30.0 Å². The van der Waals surface area contributed by atoms with E-state index in [4.69, 9.17) is 19.7 Å². The third-order valence-electron chi connectivity index (χ3n) is 6.27. The maximum atomic E-state index is 12.7. The molecular weight excluding hydrogens is 488 g/mol. The van der Waals surface area contributed by atoms with Gasteiger partial charge in [0.05, 0.1) is 25.7 Å². The Morgan fingerprint density at radius 1 is 0.579 bits per heavy atom. The number of esters is 2. The van der Waals surface area contributed by atoms with Gasteiger partial charge in [-0.2, -0.15) is 0 Å². The Morgan fingerprint density at radius 2 is 0.921 bits per heavy atom. The molecule has 0 aliphatic rings. The SMILES string of the molecule is CC(C)(C)c1ccc2c(OC(=O)CCC(=O)O)c3cc(C(C)(C)C)ccc3c(OC(=O)CCC(=O)O)c2c1. The van der Waals surface area contributed by atoms with E-state index < -0.39 is 23.9 Å². The molecule has 8 nitrogen and oxygen atoms in total. The van der Waals surface area contributed by atoms with Crippen molar-refractivity contribution in [2.45, 2.75) is 78.1 Å². The first-order valence-electron chi connectivity index (χ1n) is 12.5. The van der Waals surface area contributed by atoms with Crippen LogP contribution in [-0.4, -0.2) is 34.1 Å². The van der Waals surface area contributed by atoms with E-state index in [1.807, 2.05) is 65.8 Å². The molecule has 3 aromatic rings. The molecule has 0 atom stereocenters. The summed E-state index contributed by atoms with van der Waals surface area (Å²) < 4.78 is 11.6. The molecule has 2 N–H and O–H groups in total. The third kappa shape index (κ3) is 6.68. The molecule has 0 heterocycles. The highest BCUT2D eigenvalue weighted by Gasteiger charge is 2.25. The summed E-state index contributed by atoms with van der Waals surface area (Å²) in [5.74, 6) is -3.09. The van der Waals surface area contributed by atoms with Gasteiger partial charge in [0.2, 0.25) is 0 Å². The van der Waals surface area contributed by atoms with Crippen LogP contribution in [0.4, 0.5) is 0 Å². The molecule has 0 fully saturated rings. The molecule has 8 heteroatoms. The normalized spacial score (nSPS) is 11.9. The van der Waals surface area contributed by atoms with Gasteiger partial charge >= 0.3 is 23.9 Å². The highest BCUT2D eigenvalue weighted by atomic mass is 16.5. The highest BCUT2D eigenvalue weighted by molar-refractivity contribution is 6.13. The zero-order chi connectivity index (χ0) is 28.4. The standard InChI is InChI=1S/C30H34O8/c1-29(2,3)17-7-9-19-21(15-17)27(37-25(35)13-11-23(31)32)20-10-8-18(30(4,5)6)16-22(20)28(19)38-26(36)14-12-24(33)34/h7-10,15-16H,11-14H2,1-6H3,(H,31,32)(H,33,34). The number of carbonyl (C=O) groups excluding carboxylic acids is 2. The first-order chi connectivity index (χ1) is 17.6. The molecule has 0 spiro atoms. The van der Waals surface area contributed by atoms with Crippen molar-refractivity contribution in [3.05, 3.63) is 47.5 Å². The number of rotatable bonds is 8. The summed E-state index contributed by atoms with van der Waals surface area (Å²) in [6.45, 7) is 12.2. The fourth-order valence-electron chi connectivity index (χ4n) is 4.05. The van der Waals surface area contributed by atoms with Crippen LogP contribution in [0, 0.1) is 0 Å². The fourth-order valence-corrected chi connectivity index (χ4v) is 4.05. The van der Waals surface area contributed by atoms with Gasteiger partial charge in [0.25, 0.3) is 0 Å². The number of fused-ring (bicyclic) bond motifs is 2. The molecule has 0 aliphatic carbocycles. The van der Waals surface area contributed by atoms with Gasteiger partial charge in [0, 0.05) is 21.5 Å². The quantitative estimate of drug-likeness (QED) is 0.205. The Balaban J connectivity index is 2.35. The van der Waals surface area contributed by atoms with Crippen molar-refractivity contribution in [1.82, 2.24) is 0 Å². The number of hydrogen-bond donors (Lipinski definition) is 2. The lowest BCUT2D eigenvalue weighted by Crippen LogP contribution is -2.15. The largest absolute Gasteiger partial charge is 0.481 e. The molecule has 0 saturated carbocycles. The van der Waals surface area contributed by atoms with Crippen LogP contribution in [0.3, 0.4) is 0 Å². The average Bonchev–Trinajstić information content (AvgIpc) is 2.81. The summed E-state index contributed by atoms with van der Waals surface area (Å²) in [6, 6.07) is 11.2. The van der Waals surface area contributed by atoms with Crippen LogP contribution in [0.5, 0.6) is 11.5 Å². The zero-order valence-corrected chi connectivity index (χ0v) is 22.6. The lowest BCUT2D eigenvalue weighted by atomic mass is 9.83. The van der Waals surface area contributed by atoms with Gasteiger partial charge in [-0.15, -0.1) is 0 Å². The monoisotopic (exact) mass is 522 g/mol. The van der Waals surface area contributed by atoms with E-state index in [1.54, 1.807) is 12.1 Å². The van der Waals surface area contributed by atoms with Crippen LogP contribution in [0.1, 0.15) is 78.4 Å². The van der Waals surface area contributed by atoms with Gasteiger partial charge in [-0.3, -0.25) is 19.2 Å². The molecule has 202 valence electrons. The van der Waals surface area contributed by atoms with Gasteiger partial charge < -0.3 is 19.7 Å². The Morgan fingerprint density at radius 3 is 1.21 bits per heavy atom. The molecular formula is C30H34O8. The zero-order valence-electron chi connectivity index (χ0n) is 22.6. The van der Waals surface area contributed by atoms with Crippen molar-refractivity contribution in [1.29, 1.82) is 0 Å². The minimum Gasteiger partial charge on any atom is -0.481 e. The molecule has 38 heavy (non-hydrogen) atoms. The molecule has 0 saturated heterocycles. The number of aliphatic carboxylic acids is 2. The number of carboxylic acids is 2. The van der Waals surface area contributed by atoms with E-state index in [0.717, 1.165) is 11.1 Å². The average molecular weight is 523 g/mol. The second-order valence-corrected chi connectivity index (χ2v) is 11.4. The van der Waals surface area contributed by atoms with Crippen LogP contribution in [0.15, 0.2) is 36.4 Å². The summed E-state index contributed by atoms with van der Waals surface area (Å²) in [6.07, 6.45) is -1.34. The number of carbonyl (C=O) groups is 4. The number of hydrogen-bond acceptors (Lipinski definition) is 6. The predicted molar refractivity (Wildman–Crippen MR) is 144 cm³/mol. The van der Waals surface area contributed by atoms with Crippen molar-refractivity contribution >= 4 is 45.4 Å². The fraction of sp³-hybridized carbons (Fsp3) is 0.400. The molecule has 3 aromatic carbocycles. The Bertz CT molecular complexity index is 1310. The van der Waals surface area contributed by atoms with Gasteiger partial charge in [-0.25, -0.2) is 0 Å². The summed E-state index contributed by atoms with van der Waals surface area (Å²) in [5.41, 5.74) is 1.40. The van der Waals surface area contributed by atoms with E-state index in [2.05, 4.69) is 0 Å². The minimum atomic E-state index is -1.11. The smallest absolute Gasteiger partial charge is 0.311 e. The van der Waals surface area contributed by atoms with Gasteiger partial charge in [0.1, 0.15) is 11.5 Å². The molecule has 0 unspecified atom stereocenters. The Labute approximate surface area is 221 Å². The second-order valence-electron chi connectivity index (χ2n) is 11.4. The number of benzene rings is 3. The maximum Gasteiger partial charge on any atom is 0.311 e. The van der Waals surface area contributed by atoms with Crippen LogP contribution in [0.2, 0.25) is 0 Å². The van der Waals surface area contributed by atoms with E-state index in [-0.39, 0.29) is 48.0 Å². The minimum absolute atomic E-state index is 0.248. The second kappa shape index (κ2) is 10.8. The van der Waals surface area contributed by atoms with Crippen LogP contribution < -0.4 is 9.47 Å². The van der Waals surface area contributed by atoms with Crippen molar-refractivity contribution in [3.8, 4) is 11.5 Å². The van der Waals surface area contributed by atoms with E-state index in [0.29, 0.717) is 21.5 Å². The first kappa shape index (κ1) is 28.6. The summed E-state index contributed by atoms with van der Waals surface area (Å²) in [7, 11) is 0. The third-order valence-corrected chi connectivity index (χ3v) is 6.27. The van der Waals surface area contributed by atoms with Gasteiger partial charge in [-0.1, -0.05) is 65.8 Å². The number of ether oxygens (including phenoxy) is 2. The summed E-state index contributed by atoms with van der Waals surface area (Å²) in [5, 5.41) is 20.1. The van der Waals surface area contributed by atoms with E-state index in [9.17, 15) is 19.2 Å². The van der Waals surface area contributed by atoms with E-state index >= 15 is 0 Å². The molecule has 0 amide bonds. The van der Waals surface area contributed by atoms with Gasteiger partial charge in [-0.05, 0) is 34.1 Å². The molecule has 0 aliphatic heterocycles. The predicted octanol–water partition coefficient (Wildman–Crippen LogP) is 6.13. The van der Waals surface area contributed by atoms with E-state index in [1.165, 1.54) is 0 Å². The molecule has 0 aromatic heterocycles. The highest BCUT2D eigenvalue weighted by Crippen LogP contribution is 2.45. The van der Waals surface area contributed by atoms with Crippen molar-refractivity contribution in [2.75, 3.05) is 0 Å². The lowest BCUT2D eigenvalue weighted by molar-refractivity contribution is -0.142. The molecule has 0 bridgehead atoms. The summed E-state index contributed by atoms with van der Waals surface area (Å²) in [4.78, 5) is 47.4. The summed E-state index contributed by atoms with van der Waals surface area (Å²) >= 11 is 0. The van der Waals surface area contributed by atoms with Crippen LogP contribution >= 0.6 is 0 Å². The van der Waals surface area contributed by atoms with Crippen molar-refractivity contribution in [2.24, 2.45) is 0 Å². The van der Waals surface area contributed by atoms with Gasteiger partial charge in [0.15, 0.2) is 0 Å². The van der Waals surface area contributed by atoms with Crippen molar-refractivity contribution < 1.29 is 38.9 Å². The molecule has 0 radical (unpaired) electrons. The Kier molecular flexibility index (Phi) is 8.15. The van der Waals surface area contributed by atoms with Crippen molar-refractivity contribution in [3.63, 3.8) is 0 Å².